The number of hydrogen-bond acceptors (Lipinski definition) is 5. The molecule has 0 N–H and O–H groups in total. The first kappa shape index (κ1) is 20.7. The van der Waals surface area contributed by atoms with Gasteiger partial charge in [0.25, 0.3) is 0 Å². The Morgan fingerprint density at radius 2 is 1.59 bits per heavy atom. The summed E-state index contributed by atoms with van der Waals surface area (Å²) in [5, 5.41) is 9.27. The molecule has 0 bridgehead atoms. The molecule has 5 rings (SSSR count). The Hall–Kier alpha value is -3.22. The summed E-state index contributed by atoms with van der Waals surface area (Å²) in [6.45, 7) is 3.00. The van der Waals surface area contributed by atoms with Crippen LogP contribution in [0.3, 0.4) is 0 Å². The minimum atomic E-state index is -0.456. The number of aromatic nitrogens is 2. The van der Waals surface area contributed by atoms with E-state index in [1.54, 1.807) is 12.1 Å². The Morgan fingerprint density at radius 1 is 0.844 bits per heavy atom. The highest BCUT2D eigenvalue weighted by atomic mass is 35.5. The zero-order valence-corrected chi connectivity index (χ0v) is 18.1. The van der Waals surface area contributed by atoms with Crippen LogP contribution in [0.25, 0.3) is 11.5 Å². The molecule has 3 aromatic carbocycles. The van der Waals surface area contributed by atoms with Gasteiger partial charge < -0.3 is 9.32 Å². The predicted octanol–water partition coefficient (Wildman–Crippen LogP) is 5.44. The highest BCUT2D eigenvalue weighted by Crippen LogP contribution is 2.33. The molecule has 4 aromatic rings. The minimum Gasteiger partial charge on any atom is -0.419 e. The minimum absolute atomic E-state index is 0.283. The highest BCUT2D eigenvalue weighted by Gasteiger charge is 2.32. The van der Waals surface area contributed by atoms with Crippen molar-refractivity contribution in [1.82, 2.24) is 15.1 Å². The van der Waals surface area contributed by atoms with Gasteiger partial charge in [0, 0.05) is 48.0 Å². The monoisotopic (exact) mass is 448 g/mol. The average Bonchev–Trinajstić information content (AvgIpc) is 3.31. The lowest BCUT2D eigenvalue weighted by atomic mass is 10.0. The number of rotatable bonds is 5. The number of nitrogens with zero attached hydrogens (tertiary/aromatic N) is 4. The quantitative estimate of drug-likeness (QED) is 0.406. The van der Waals surface area contributed by atoms with Crippen molar-refractivity contribution in [3.05, 3.63) is 101 Å². The third kappa shape index (κ3) is 4.24. The molecule has 0 spiro atoms. The summed E-state index contributed by atoms with van der Waals surface area (Å²) in [5.41, 5.74) is 2.46. The fraction of sp³-hybridized carbons (Fsp3) is 0.200. The molecule has 1 atom stereocenters. The second-order valence-electron chi connectivity index (χ2n) is 7.74. The summed E-state index contributed by atoms with van der Waals surface area (Å²) in [6.07, 6.45) is 0. The summed E-state index contributed by atoms with van der Waals surface area (Å²) in [7, 11) is 0. The van der Waals surface area contributed by atoms with Crippen LogP contribution in [0.15, 0.2) is 83.3 Å². The summed E-state index contributed by atoms with van der Waals surface area (Å²) in [4.78, 5) is 4.48. The van der Waals surface area contributed by atoms with Crippen molar-refractivity contribution in [2.45, 2.75) is 6.04 Å². The van der Waals surface area contributed by atoms with Gasteiger partial charge in [0.1, 0.15) is 11.9 Å². The van der Waals surface area contributed by atoms with Crippen LogP contribution in [0.5, 0.6) is 0 Å². The molecule has 1 aliphatic heterocycles. The fourth-order valence-corrected chi connectivity index (χ4v) is 4.32. The number of halogens is 2. The zero-order chi connectivity index (χ0) is 21.9. The van der Waals surface area contributed by atoms with E-state index in [9.17, 15) is 4.39 Å². The lowest BCUT2D eigenvalue weighted by Gasteiger charge is -2.39. The molecule has 1 saturated heterocycles. The van der Waals surface area contributed by atoms with Crippen LogP contribution in [0.2, 0.25) is 5.02 Å². The second-order valence-corrected chi connectivity index (χ2v) is 8.17. The largest absolute Gasteiger partial charge is 0.419 e. The number of hydrogen-bond donors (Lipinski definition) is 0. The normalized spacial score (nSPS) is 15.6. The predicted molar refractivity (Wildman–Crippen MR) is 123 cm³/mol. The molecule has 1 fully saturated rings. The van der Waals surface area contributed by atoms with E-state index in [2.05, 4.69) is 26.1 Å². The van der Waals surface area contributed by atoms with Crippen LogP contribution in [0.4, 0.5) is 10.1 Å². The SMILES string of the molecule is Fc1ccccc1[C@H](c1nnc(-c2ccccc2)o1)N1CCN(c2cccc(Cl)c2)CC1. The van der Waals surface area contributed by atoms with E-state index in [0.29, 0.717) is 35.5 Å². The molecule has 0 amide bonds. The Morgan fingerprint density at radius 3 is 2.34 bits per heavy atom. The molecule has 32 heavy (non-hydrogen) atoms. The number of anilines is 1. The van der Waals surface area contributed by atoms with Crippen molar-refractivity contribution in [2.24, 2.45) is 0 Å². The van der Waals surface area contributed by atoms with E-state index in [-0.39, 0.29) is 5.82 Å². The van der Waals surface area contributed by atoms with Gasteiger partial charge in [-0.1, -0.05) is 54.1 Å². The van der Waals surface area contributed by atoms with Crippen molar-refractivity contribution in [3.63, 3.8) is 0 Å². The first-order chi connectivity index (χ1) is 15.7. The van der Waals surface area contributed by atoms with Crippen molar-refractivity contribution < 1.29 is 8.81 Å². The fourth-order valence-electron chi connectivity index (χ4n) is 4.14. The van der Waals surface area contributed by atoms with Crippen molar-refractivity contribution in [3.8, 4) is 11.5 Å². The summed E-state index contributed by atoms with van der Waals surface area (Å²) in [5.74, 6) is 0.541. The third-order valence-corrected chi connectivity index (χ3v) is 5.98. The molecule has 1 aromatic heterocycles. The Bertz CT molecular complexity index is 1190. The van der Waals surface area contributed by atoms with Crippen molar-refractivity contribution in [1.29, 1.82) is 0 Å². The molecule has 5 nitrogen and oxygen atoms in total. The number of benzene rings is 3. The van der Waals surface area contributed by atoms with E-state index in [1.807, 2.05) is 54.6 Å². The van der Waals surface area contributed by atoms with Gasteiger partial charge in [-0.25, -0.2) is 4.39 Å². The van der Waals surface area contributed by atoms with Gasteiger partial charge in [0.05, 0.1) is 0 Å². The molecule has 162 valence electrons. The second kappa shape index (κ2) is 9.10. The average molecular weight is 449 g/mol. The van der Waals surface area contributed by atoms with Gasteiger partial charge in [-0.15, -0.1) is 10.2 Å². The van der Waals surface area contributed by atoms with E-state index in [4.69, 9.17) is 16.0 Å². The Labute approximate surface area is 191 Å². The van der Waals surface area contributed by atoms with E-state index in [0.717, 1.165) is 24.3 Å². The maximum absolute atomic E-state index is 14.9. The lowest BCUT2D eigenvalue weighted by molar-refractivity contribution is 0.184. The van der Waals surface area contributed by atoms with Gasteiger partial charge >= 0.3 is 0 Å². The molecule has 7 heteroatoms. The summed E-state index contributed by atoms with van der Waals surface area (Å²) < 4.78 is 20.9. The standard InChI is InChI=1S/C25H22ClFN4O/c26-19-9-6-10-20(17-19)30-13-15-31(16-14-30)23(21-11-4-5-12-22(21)27)25-29-28-24(32-25)18-7-2-1-3-8-18/h1-12,17,23H,13-16H2/t23-/m1/s1. The molecular formula is C25H22ClFN4O. The molecule has 2 heterocycles. The maximum Gasteiger partial charge on any atom is 0.247 e. The maximum atomic E-state index is 14.9. The van der Waals surface area contributed by atoms with Gasteiger partial charge in [-0.2, -0.15) is 0 Å². The molecule has 0 saturated carbocycles. The van der Waals surface area contributed by atoms with E-state index >= 15 is 0 Å². The molecule has 0 unspecified atom stereocenters. The molecule has 0 aliphatic carbocycles. The highest BCUT2D eigenvalue weighted by molar-refractivity contribution is 6.30. The van der Waals surface area contributed by atoms with Crippen LogP contribution in [-0.4, -0.2) is 41.3 Å². The Kier molecular flexibility index (Phi) is 5.88. The van der Waals surface area contributed by atoms with Crippen molar-refractivity contribution >= 4 is 17.3 Å². The van der Waals surface area contributed by atoms with E-state index < -0.39 is 6.04 Å². The molecule has 0 radical (unpaired) electrons. The van der Waals surface area contributed by atoms with Gasteiger partial charge in [-0.3, -0.25) is 4.90 Å². The van der Waals surface area contributed by atoms with Crippen LogP contribution >= 0.6 is 11.6 Å². The molecule has 1 aliphatic rings. The smallest absolute Gasteiger partial charge is 0.247 e. The van der Waals surface area contributed by atoms with Crippen LogP contribution in [-0.2, 0) is 0 Å². The summed E-state index contributed by atoms with van der Waals surface area (Å²) in [6, 6.07) is 23.8. The van der Waals surface area contributed by atoms with Crippen LogP contribution < -0.4 is 4.90 Å². The van der Waals surface area contributed by atoms with E-state index in [1.165, 1.54) is 6.07 Å². The van der Waals surface area contributed by atoms with Crippen LogP contribution in [0, 0.1) is 5.82 Å². The number of piperazine rings is 1. The molecular weight excluding hydrogens is 427 g/mol. The first-order valence-corrected chi connectivity index (χ1v) is 10.9. The van der Waals surface area contributed by atoms with Crippen molar-refractivity contribution in [2.75, 3.05) is 31.1 Å². The van der Waals surface area contributed by atoms with Gasteiger partial charge in [-0.05, 0) is 36.4 Å². The topological polar surface area (TPSA) is 45.4 Å². The first-order valence-electron chi connectivity index (χ1n) is 10.6. The Balaban J connectivity index is 1.43. The summed E-state index contributed by atoms with van der Waals surface area (Å²) >= 11 is 6.17. The third-order valence-electron chi connectivity index (χ3n) is 5.75. The lowest BCUT2D eigenvalue weighted by Crippen LogP contribution is -2.48. The van der Waals surface area contributed by atoms with Gasteiger partial charge in [0.2, 0.25) is 11.8 Å². The van der Waals surface area contributed by atoms with Crippen LogP contribution in [0.1, 0.15) is 17.5 Å². The zero-order valence-electron chi connectivity index (χ0n) is 17.4. The van der Waals surface area contributed by atoms with Gasteiger partial charge in [0.15, 0.2) is 0 Å².